The predicted octanol–water partition coefficient (Wildman–Crippen LogP) is 3.74. The fraction of sp³-hybridized carbons (Fsp3) is 0.250. The molecule has 2 aromatic rings. The van der Waals surface area contributed by atoms with Crippen LogP contribution < -0.4 is 5.32 Å². The smallest absolute Gasteiger partial charge is 0.234 e. The summed E-state index contributed by atoms with van der Waals surface area (Å²) in [6.45, 7) is 6.00. The summed E-state index contributed by atoms with van der Waals surface area (Å²) in [7, 11) is 0. The molecule has 104 valence electrons. The van der Waals surface area contributed by atoms with Crippen LogP contribution in [0.15, 0.2) is 41.6 Å². The van der Waals surface area contributed by atoms with Crippen molar-refractivity contribution in [3.05, 3.63) is 53.2 Å². The zero-order valence-corrected chi connectivity index (χ0v) is 12.8. The number of amides is 1. The van der Waals surface area contributed by atoms with Crippen LogP contribution in [0.4, 0.5) is 5.69 Å². The monoisotopic (exact) mass is 286 g/mol. The van der Waals surface area contributed by atoms with Gasteiger partial charge in [-0.15, -0.1) is 0 Å². The Labute approximate surface area is 123 Å². The second-order valence-corrected chi connectivity index (χ2v) is 5.82. The number of pyridine rings is 1. The molecule has 0 aliphatic carbocycles. The first-order chi connectivity index (χ1) is 9.54. The van der Waals surface area contributed by atoms with Gasteiger partial charge in [-0.3, -0.25) is 4.79 Å². The van der Waals surface area contributed by atoms with E-state index < -0.39 is 0 Å². The van der Waals surface area contributed by atoms with Crippen molar-refractivity contribution in [3.8, 4) is 0 Å². The van der Waals surface area contributed by atoms with Gasteiger partial charge in [0.2, 0.25) is 5.91 Å². The summed E-state index contributed by atoms with van der Waals surface area (Å²) in [5.74, 6) is 0.356. The molecule has 0 spiro atoms. The van der Waals surface area contributed by atoms with Gasteiger partial charge in [0.15, 0.2) is 0 Å². The standard InChI is InChI=1S/C16H18N2OS/c1-11-4-6-13(3)14(8-11)18-15(19)10-20-16-7-5-12(2)9-17-16/h4-9H,10H2,1-3H3,(H,18,19). The summed E-state index contributed by atoms with van der Waals surface area (Å²) in [6, 6.07) is 9.97. The fourth-order valence-electron chi connectivity index (χ4n) is 1.74. The summed E-state index contributed by atoms with van der Waals surface area (Å²) >= 11 is 1.44. The van der Waals surface area contributed by atoms with Crippen LogP contribution in [0.3, 0.4) is 0 Å². The van der Waals surface area contributed by atoms with Gasteiger partial charge in [-0.25, -0.2) is 4.98 Å². The number of thioether (sulfide) groups is 1. The van der Waals surface area contributed by atoms with Gasteiger partial charge >= 0.3 is 0 Å². The molecule has 0 aliphatic rings. The lowest BCUT2D eigenvalue weighted by molar-refractivity contribution is -0.113. The summed E-state index contributed by atoms with van der Waals surface area (Å²) in [6.07, 6.45) is 1.81. The molecule has 1 heterocycles. The molecule has 1 N–H and O–H groups in total. The van der Waals surface area contributed by atoms with Crippen molar-refractivity contribution in [1.29, 1.82) is 0 Å². The Kier molecular flexibility index (Phi) is 4.79. The van der Waals surface area contributed by atoms with Gasteiger partial charge in [-0.1, -0.05) is 30.0 Å². The first-order valence-corrected chi connectivity index (χ1v) is 7.46. The van der Waals surface area contributed by atoms with E-state index in [-0.39, 0.29) is 5.91 Å². The van der Waals surface area contributed by atoms with E-state index in [1.165, 1.54) is 11.8 Å². The molecular weight excluding hydrogens is 268 g/mol. The third-order valence-electron chi connectivity index (χ3n) is 2.90. The van der Waals surface area contributed by atoms with Gasteiger partial charge in [0.1, 0.15) is 0 Å². The maximum absolute atomic E-state index is 12.0. The van der Waals surface area contributed by atoms with E-state index in [0.29, 0.717) is 5.75 Å². The van der Waals surface area contributed by atoms with Crippen LogP contribution in [-0.4, -0.2) is 16.6 Å². The van der Waals surface area contributed by atoms with Crippen LogP contribution in [0.5, 0.6) is 0 Å². The number of anilines is 1. The number of aromatic nitrogens is 1. The first kappa shape index (κ1) is 14.6. The number of rotatable bonds is 4. The van der Waals surface area contributed by atoms with Crippen molar-refractivity contribution in [2.75, 3.05) is 11.1 Å². The molecule has 3 nitrogen and oxygen atoms in total. The van der Waals surface area contributed by atoms with Gasteiger partial charge < -0.3 is 5.32 Å². The number of nitrogens with zero attached hydrogens (tertiary/aromatic N) is 1. The minimum Gasteiger partial charge on any atom is -0.325 e. The Balaban J connectivity index is 1.92. The van der Waals surface area contributed by atoms with Gasteiger partial charge in [-0.2, -0.15) is 0 Å². The zero-order valence-electron chi connectivity index (χ0n) is 11.9. The van der Waals surface area contributed by atoms with E-state index in [2.05, 4.69) is 10.3 Å². The lowest BCUT2D eigenvalue weighted by Gasteiger charge is -2.09. The number of nitrogens with one attached hydrogen (secondary N) is 1. The Bertz CT molecular complexity index is 608. The second-order valence-electron chi connectivity index (χ2n) is 4.83. The van der Waals surface area contributed by atoms with E-state index >= 15 is 0 Å². The zero-order chi connectivity index (χ0) is 14.5. The van der Waals surface area contributed by atoms with Gasteiger partial charge in [0.05, 0.1) is 10.8 Å². The number of hydrogen-bond acceptors (Lipinski definition) is 3. The molecule has 0 aliphatic heterocycles. The van der Waals surface area contributed by atoms with Crippen molar-refractivity contribution in [1.82, 2.24) is 4.98 Å². The third-order valence-corrected chi connectivity index (χ3v) is 3.85. The van der Waals surface area contributed by atoms with Crippen molar-refractivity contribution in [3.63, 3.8) is 0 Å². The highest BCUT2D eigenvalue weighted by molar-refractivity contribution is 7.99. The van der Waals surface area contributed by atoms with Crippen molar-refractivity contribution < 1.29 is 4.79 Å². The molecule has 1 amide bonds. The number of carbonyl (C=O) groups excluding carboxylic acids is 1. The van der Waals surface area contributed by atoms with E-state index in [1.807, 2.05) is 57.3 Å². The first-order valence-electron chi connectivity index (χ1n) is 6.47. The third kappa shape index (κ3) is 4.10. The molecular formula is C16H18N2OS. The van der Waals surface area contributed by atoms with Crippen molar-refractivity contribution >= 4 is 23.4 Å². The Morgan fingerprint density at radius 3 is 2.60 bits per heavy atom. The summed E-state index contributed by atoms with van der Waals surface area (Å²) in [4.78, 5) is 16.2. The van der Waals surface area contributed by atoms with Gasteiger partial charge in [0, 0.05) is 11.9 Å². The molecule has 0 atom stereocenters. The van der Waals surface area contributed by atoms with Crippen molar-refractivity contribution in [2.45, 2.75) is 25.8 Å². The van der Waals surface area contributed by atoms with E-state index in [9.17, 15) is 4.79 Å². The largest absolute Gasteiger partial charge is 0.325 e. The summed E-state index contributed by atoms with van der Waals surface area (Å²) < 4.78 is 0. The van der Waals surface area contributed by atoms with E-state index in [0.717, 1.165) is 27.4 Å². The lowest BCUT2D eigenvalue weighted by atomic mass is 10.1. The highest BCUT2D eigenvalue weighted by Gasteiger charge is 2.06. The SMILES string of the molecule is Cc1ccc(SCC(=O)Nc2cc(C)ccc2C)nc1. The highest BCUT2D eigenvalue weighted by Crippen LogP contribution is 2.18. The maximum atomic E-state index is 12.0. The second kappa shape index (κ2) is 6.57. The molecule has 4 heteroatoms. The number of carbonyl (C=O) groups is 1. The minimum absolute atomic E-state index is 0.00826. The molecule has 0 unspecified atom stereocenters. The van der Waals surface area contributed by atoms with Crippen LogP contribution in [-0.2, 0) is 4.79 Å². The molecule has 0 bridgehead atoms. The number of aryl methyl sites for hydroxylation is 3. The Morgan fingerprint density at radius 1 is 1.15 bits per heavy atom. The van der Waals surface area contributed by atoms with Gasteiger partial charge in [-0.05, 0) is 49.6 Å². The summed E-state index contributed by atoms with van der Waals surface area (Å²) in [5, 5.41) is 3.81. The molecule has 0 radical (unpaired) electrons. The normalized spacial score (nSPS) is 10.3. The summed E-state index contributed by atoms with van der Waals surface area (Å²) in [5.41, 5.74) is 4.21. The van der Waals surface area contributed by atoms with Crippen LogP contribution >= 0.6 is 11.8 Å². The molecule has 0 fully saturated rings. The quantitative estimate of drug-likeness (QED) is 0.871. The van der Waals surface area contributed by atoms with Crippen molar-refractivity contribution in [2.24, 2.45) is 0 Å². The lowest BCUT2D eigenvalue weighted by Crippen LogP contribution is -2.15. The maximum Gasteiger partial charge on any atom is 0.234 e. The number of benzene rings is 1. The average Bonchev–Trinajstić information content (AvgIpc) is 2.42. The minimum atomic E-state index is -0.00826. The molecule has 0 saturated heterocycles. The Morgan fingerprint density at radius 2 is 1.90 bits per heavy atom. The predicted molar refractivity (Wildman–Crippen MR) is 84.2 cm³/mol. The highest BCUT2D eigenvalue weighted by atomic mass is 32.2. The van der Waals surface area contributed by atoms with Crippen LogP contribution in [0.25, 0.3) is 0 Å². The molecule has 1 aromatic heterocycles. The van der Waals surface area contributed by atoms with Crippen LogP contribution in [0, 0.1) is 20.8 Å². The molecule has 2 rings (SSSR count). The van der Waals surface area contributed by atoms with Crippen LogP contribution in [0.1, 0.15) is 16.7 Å². The molecule has 1 aromatic carbocycles. The fourth-order valence-corrected chi connectivity index (χ4v) is 2.38. The molecule has 0 saturated carbocycles. The Hall–Kier alpha value is -1.81. The number of hydrogen-bond donors (Lipinski definition) is 1. The molecule has 20 heavy (non-hydrogen) atoms. The average molecular weight is 286 g/mol. The van der Waals surface area contributed by atoms with E-state index in [4.69, 9.17) is 0 Å². The van der Waals surface area contributed by atoms with Gasteiger partial charge in [0.25, 0.3) is 0 Å². The van der Waals surface area contributed by atoms with Crippen LogP contribution in [0.2, 0.25) is 0 Å². The van der Waals surface area contributed by atoms with E-state index in [1.54, 1.807) is 0 Å². The topological polar surface area (TPSA) is 42.0 Å².